The van der Waals surface area contributed by atoms with Crippen LogP contribution in [0.1, 0.15) is 30.5 Å². The second-order valence-electron chi connectivity index (χ2n) is 4.14. The van der Waals surface area contributed by atoms with E-state index in [1.165, 1.54) is 0 Å². The molecule has 3 heteroatoms. The van der Waals surface area contributed by atoms with Crippen LogP contribution in [0.4, 0.5) is 0 Å². The quantitative estimate of drug-likeness (QED) is 0.876. The first-order chi connectivity index (χ1) is 8.16. The van der Waals surface area contributed by atoms with Crippen molar-refractivity contribution in [1.82, 2.24) is 4.98 Å². The lowest BCUT2D eigenvalue weighted by molar-refractivity contribution is -0.117. The zero-order valence-electron chi connectivity index (χ0n) is 9.61. The Bertz CT molecular complexity index is 487. The minimum absolute atomic E-state index is 0.0831. The molecule has 0 radical (unpaired) electrons. The number of H-pyrrole nitrogens is 1. The van der Waals surface area contributed by atoms with Gasteiger partial charge in [-0.25, -0.2) is 0 Å². The first kappa shape index (κ1) is 11.9. The summed E-state index contributed by atoms with van der Waals surface area (Å²) >= 11 is 5.87. The number of aromatic nitrogens is 1. The van der Waals surface area contributed by atoms with Crippen molar-refractivity contribution in [2.45, 2.75) is 19.3 Å². The Balaban J connectivity index is 2.33. The summed E-state index contributed by atoms with van der Waals surface area (Å²) in [6, 6.07) is 11.6. The number of aromatic amines is 1. The van der Waals surface area contributed by atoms with Gasteiger partial charge in [-0.3, -0.25) is 4.79 Å². The fourth-order valence-electron chi connectivity index (χ4n) is 1.95. The maximum Gasteiger partial charge on any atom is 0.130 e. The van der Waals surface area contributed by atoms with Crippen LogP contribution in [0.25, 0.3) is 0 Å². The molecule has 0 bridgehead atoms. The molecule has 2 aromatic rings. The summed E-state index contributed by atoms with van der Waals surface area (Å²) in [4.78, 5) is 14.5. The lowest BCUT2D eigenvalue weighted by Gasteiger charge is -2.14. The van der Waals surface area contributed by atoms with Crippen LogP contribution in [-0.2, 0) is 4.79 Å². The summed E-state index contributed by atoms with van der Waals surface area (Å²) in [5.41, 5.74) is 2.16. The van der Waals surface area contributed by atoms with Crippen LogP contribution in [0.3, 0.4) is 0 Å². The van der Waals surface area contributed by atoms with Gasteiger partial charge in [-0.1, -0.05) is 23.7 Å². The number of hydrogen-bond acceptors (Lipinski definition) is 1. The van der Waals surface area contributed by atoms with Gasteiger partial charge in [0.2, 0.25) is 0 Å². The van der Waals surface area contributed by atoms with E-state index in [4.69, 9.17) is 11.6 Å². The Morgan fingerprint density at radius 3 is 2.53 bits per heavy atom. The van der Waals surface area contributed by atoms with Crippen LogP contribution in [0.5, 0.6) is 0 Å². The summed E-state index contributed by atoms with van der Waals surface area (Å²) in [5, 5.41) is 0.710. The van der Waals surface area contributed by atoms with Gasteiger partial charge in [0.25, 0.3) is 0 Å². The van der Waals surface area contributed by atoms with Gasteiger partial charge in [0.15, 0.2) is 0 Å². The number of halogens is 1. The van der Waals surface area contributed by atoms with Crippen molar-refractivity contribution in [2.75, 3.05) is 0 Å². The Morgan fingerprint density at radius 1 is 1.29 bits per heavy atom. The summed E-state index contributed by atoms with van der Waals surface area (Å²) in [6.45, 7) is 1.62. The van der Waals surface area contributed by atoms with Crippen molar-refractivity contribution >= 4 is 17.4 Å². The molecule has 17 heavy (non-hydrogen) atoms. The highest BCUT2D eigenvalue weighted by molar-refractivity contribution is 6.30. The predicted octanol–water partition coefficient (Wildman–Crippen LogP) is 3.78. The largest absolute Gasteiger partial charge is 0.364 e. The third kappa shape index (κ3) is 2.98. The molecule has 88 valence electrons. The number of benzene rings is 1. The Kier molecular flexibility index (Phi) is 3.64. The van der Waals surface area contributed by atoms with Crippen LogP contribution in [0.2, 0.25) is 5.02 Å². The molecule has 0 aliphatic heterocycles. The van der Waals surface area contributed by atoms with Gasteiger partial charge < -0.3 is 4.98 Å². The molecule has 1 N–H and O–H groups in total. The zero-order valence-corrected chi connectivity index (χ0v) is 10.4. The van der Waals surface area contributed by atoms with E-state index >= 15 is 0 Å². The van der Waals surface area contributed by atoms with Crippen LogP contribution in [0, 0.1) is 0 Å². The average Bonchev–Trinajstić information content (AvgIpc) is 2.80. The van der Waals surface area contributed by atoms with E-state index in [0.717, 1.165) is 11.3 Å². The summed E-state index contributed by atoms with van der Waals surface area (Å²) < 4.78 is 0. The van der Waals surface area contributed by atoms with Gasteiger partial charge in [-0.05, 0) is 36.8 Å². The van der Waals surface area contributed by atoms with Crippen molar-refractivity contribution < 1.29 is 4.79 Å². The molecule has 0 spiro atoms. The van der Waals surface area contributed by atoms with E-state index in [-0.39, 0.29) is 11.7 Å². The highest BCUT2D eigenvalue weighted by Crippen LogP contribution is 2.27. The first-order valence-corrected chi connectivity index (χ1v) is 5.93. The molecule has 2 rings (SSSR count). The van der Waals surface area contributed by atoms with E-state index in [1.54, 1.807) is 6.92 Å². The van der Waals surface area contributed by atoms with Gasteiger partial charge in [0.1, 0.15) is 5.78 Å². The van der Waals surface area contributed by atoms with E-state index in [0.29, 0.717) is 11.4 Å². The normalized spacial score (nSPS) is 12.4. The molecule has 1 atom stereocenters. The SMILES string of the molecule is CC(=O)CC(c1ccc(Cl)cc1)c1ccc[nH]1. The molecule has 0 fully saturated rings. The lowest BCUT2D eigenvalue weighted by atomic mass is 9.91. The van der Waals surface area contributed by atoms with Gasteiger partial charge in [-0.2, -0.15) is 0 Å². The third-order valence-electron chi connectivity index (χ3n) is 2.76. The molecule has 1 aromatic heterocycles. The Morgan fingerprint density at radius 2 is 2.00 bits per heavy atom. The minimum atomic E-state index is 0.0831. The van der Waals surface area contributed by atoms with E-state index in [1.807, 2.05) is 42.6 Å². The third-order valence-corrected chi connectivity index (χ3v) is 3.01. The van der Waals surface area contributed by atoms with Crippen molar-refractivity contribution in [2.24, 2.45) is 0 Å². The van der Waals surface area contributed by atoms with Crippen LogP contribution >= 0.6 is 11.6 Å². The molecule has 0 aliphatic rings. The van der Waals surface area contributed by atoms with E-state index in [9.17, 15) is 4.79 Å². The number of rotatable bonds is 4. The van der Waals surface area contributed by atoms with Crippen molar-refractivity contribution in [3.63, 3.8) is 0 Å². The molecular weight excluding hydrogens is 234 g/mol. The molecular formula is C14H14ClNO. The number of Topliss-reactive ketones (excluding diaryl/α,β-unsaturated/α-hetero) is 1. The number of carbonyl (C=O) groups is 1. The maximum atomic E-state index is 11.3. The molecule has 0 amide bonds. The second kappa shape index (κ2) is 5.19. The first-order valence-electron chi connectivity index (χ1n) is 5.55. The monoisotopic (exact) mass is 247 g/mol. The van der Waals surface area contributed by atoms with Crippen LogP contribution in [-0.4, -0.2) is 10.8 Å². The summed E-state index contributed by atoms with van der Waals surface area (Å²) in [7, 11) is 0. The molecule has 1 heterocycles. The topological polar surface area (TPSA) is 32.9 Å². The molecule has 0 aliphatic carbocycles. The number of hydrogen-bond donors (Lipinski definition) is 1. The lowest BCUT2D eigenvalue weighted by Crippen LogP contribution is -2.06. The van der Waals surface area contributed by atoms with Gasteiger partial charge >= 0.3 is 0 Å². The highest BCUT2D eigenvalue weighted by atomic mass is 35.5. The van der Waals surface area contributed by atoms with Crippen molar-refractivity contribution in [1.29, 1.82) is 0 Å². The predicted molar refractivity (Wildman–Crippen MR) is 69.4 cm³/mol. The Labute approximate surface area is 106 Å². The van der Waals surface area contributed by atoms with Crippen molar-refractivity contribution in [3.05, 3.63) is 58.9 Å². The number of carbonyl (C=O) groups excluding carboxylic acids is 1. The molecule has 1 aromatic carbocycles. The number of nitrogens with one attached hydrogen (secondary N) is 1. The number of ketones is 1. The fourth-order valence-corrected chi connectivity index (χ4v) is 2.08. The summed E-state index contributed by atoms with van der Waals surface area (Å²) in [5.74, 6) is 0.263. The standard InChI is InChI=1S/C14H14ClNO/c1-10(17)9-13(14-3-2-8-16-14)11-4-6-12(15)7-5-11/h2-8,13,16H,9H2,1H3. The van der Waals surface area contributed by atoms with E-state index < -0.39 is 0 Å². The van der Waals surface area contributed by atoms with E-state index in [2.05, 4.69) is 4.98 Å². The highest BCUT2D eigenvalue weighted by Gasteiger charge is 2.16. The smallest absolute Gasteiger partial charge is 0.130 e. The van der Waals surface area contributed by atoms with Gasteiger partial charge in [0.05, 0.1) is 0 Å². The maximum absolute atomic E-state index is 11.3. The molecule has 0 saturated heterocycles. The molecule has 2 nitrogen and oxygen atoms in total. The summed E-state index contributed by atoms with van der Waals surface area (Å²) in [6.07, 6.45) is 2.38. The molecule has 0 saturated carbocycles. The second-order valence-corrected chi connectivity index (χ2v) is 4.57. The van der Waals surface area contributed by atoms with Gasteiger partial charge in [-0.15, -0.1) is 0 Å². The zero-order chi connectivity index (χ0) is 12.3. The molecule has 1 unspecified atom stereocenters. The average molecular weight is 248 g/mol. The van der Waals surface area contributed by atoms with Gasteiger partial charge in [0, 0.05) is 29.3 Å². The Hall–Kier alpha value is -1.54. The van der Waals surface area contributed by atoms with Crippen molar-refractivity contribution in [3.8, 4) is 0 Å². The minimum Gasteiger partial charge on any atom is -0.364 e. The fraction of sp³-hybridized carbons (Fsp3) is 0.214. The van der Waals surface area contributed by atoms with Crippen LogP contribution in [0.15, 0.2) is 42.6 Å². The van der Waals surface area contributed by atoms with Crippen LogP contribution < -0.4 is 0 Å².